The minimum Gasteiger partial charge on any atom is -0.465 e. The van der Waals surface area contributed by atoms with Crippen molar-refractivity contribution in [1.82, 2.24) is 5.32 Å². The molecule has 16 heavy (non-hydrogen) atoms. The largest absolute Gasteiger partial charge is 0.465 e. The predicted molar refractivity (Wildman–Crippen MR) is 70.9 cm³/mol. The zero-order valence-corrected chi connectivity index (χ0v) is 11.7. The smallest absolute Gasteiger partial charge is 0.323 e. The second-order valence-electron chi connectivity index (χ2n) is 4.12. The molecule has 0 amide bonds. The molecule has 1 atom stereocenters. The maximum atomic E-state index is 11.6. The van der Waals surface area contributed by atoms with Gasteiger partial charge in [0.15, 0.2) is 0 Å². The van der Waals surface area contributed by atoms with Gasteiger partial charge in [0.1, 0.15) is 6.04 Å². The van der Waals surface area contributed by atoms with E-state index >= 15 is 0 Å². The van der Waals surface area contributed by atoms with Gasteiger partial charge in [0.2, 0.25) is 0 Å². The molecule has 0 fully saturated rings. The molecule has 0 bridgehead atoms. The van der Waals surface area contributed by atoms with Gasteiger partial charge in [0.25, 0.3) is 0 Å². The fraction of sp³-hybridized carbons (Fsp3) is 0.917. The number of esters is 1. The summed E-state index contributed by atoms with van der Waals surface area (Å²) in [4.78, 5) is 11.6. The number of hydrogen-bond acceptors (Lipinski definition) is 4. The summed E-state index contributed by atoms with van der Waals surface area (Å²) in [6.45, 7) is 9.53. The highest BCUT2D eigenvalue weighted by Gasteiger charge is 2.17. The van der Waals surface area contributed by atoms with Crippen LogP contribution in [0.3, 0.4) is 0 Å². The van der Waals surface area contributed by atoms with Gasteiger partial charge in [-0.05, 0) is 31.6 Å². The lowest BCUT2D eigenvalue weighted by Gasteiger charge is -2.16. The van der Waals surface area contributed by atoms with Gasteiger partial charge in [0.05, 0.1) is 6.61 Å². The van der Waals surface area contributed by atoms with Crippen LogP contribution in [0.15, 0.2) is 0 Å². The van der Waals surface area contributed by atoms with E-state index in [1.54, 1.807) is 0 Å². The summed E-state index contributed by atoms with van der Waals surface area (Å²) in [5.41, 5.74) is 0. The van der Waals surface area contributed by atoms with E-state index in [-0.39, 0.29) is 12.0 Å². The Balaban J connectivity index is 3.80. The van der Waals surface area contributed by atoms with E-state index in [4.69, 9.17) is 4.74 Å². The molecule has 96 valence electrons. The summed E-state index contributed by atoms with van der Waals surface area (Å²) in [7, 11) is 0. The minimum atomic E-state index is -0.151. The zero-order valence-electron chi connectivity index (χ0n) is 10.9. The van der Waals surface area contributed by atoms with Crippen LogP contribution in [-0.2, 0) is 9.53 Å². The Kier molecular flexibility index (Phi) is 9.83. The van der Waals surface area contributed by atoms with Crippen LogP contribution in [0.5, 0.6) is 0 Å². The Morgan fingerprint density at radius 3 is 2.56 bits per heavy atom. The molecule has 1 unspecified atom stereocenters. The number of ether oxygens (including phenoxy) is 1. The Hall–Kier alpha value is -0.220. The van der Waals surface area contributed by atoms with Crippen molar-refractivity contribution in [2.45, 2.75) is 40.2 Å². The van der Waals surface area contributed by atoms with Crippen molar-refractivity contribution in [3.63, 3.8) is 0 Å². The van der Waals surface area contributed by atoms with Gasteiger partial charge in [-0.3, -0.25) is 4.79 Å². The highest BCUT2D eigenvalue weighted by molar-refractivity contribution is 7.99. The van der Waals surface area contributed by atoms with Crippen molar-refractivity contribution in [1.29, 1.82) is 0 Å². The van der Waals surface area contributed by atoms with E-state index in [0.29, 0.717) is 6.61 Å². The van der Waals surface area contributed by atoms with Crippen LogP contribution in [0.4, 0.5) is 0 Å². The Morgan fingerprint density at radius 1 is 1.38 bits per heavy atom. The molecule has 0 saturated carbocycles. The van der Waals surface area contributed by atoms with E-state index in [0.717, 1.165) is 24.0 Å². The average Bonchev–Trinajstić information content (AvgIpc) is 2.22. The molecule has 0 aromatic rings. The molecule has 1 N–H and O–H groups in total. The third-order valence-corrected chi connectivity index (χ3v) is 3.24. The number of likely N-dealkylation sites (N-methyl/N-ethyl adjacent to an activating group) is 1. The Morgan fingerprint density at radius 2 is 2.06 bits per heavy atom. The molecule has 4 heteroatoms. The molecular formula is C12H25NO2S. The number of hydrogen-bond donors (Lipinski definition) is 1. The van der Waals surface area contributed by atoms with Crippen LogP contribution in [0.1, 0.15) is 34.1 Å². The average molecular weight is 247 g/mol. The van der Waals surface area contributed by atoms with Crippen molar-refractivity contribution >= 4 is 17.7 Å². The van der Waals surface area contributed by atoms with Crippen molar-refractivity contribution in [2.24, 2.45) is 5.92 Å². The highest BCUT2D eigenvalue weighted by atomic mass is 32.2. The first-order valence-electron chi connectivity index (χ1n) is 6.09. The standard InChI is InChI=1S/C12H25NO2S/c1-5-13-11(12(14)15-6-2)9-16-8-7-10(3)4/h10-11,13H,5-9H2,1-4H3. The molecule has 3 nitrogen and oxygen atoms in total. The third kappa shape index (κ3) is 7.99. The summed E-state index contributed by atoms with van der Waals surface area (Å²) in [6, 6.07) is -0.151. The fourth-order valence-electron chi connectivity index (χ4n) is 1.22. The fourth-order valence-corrected chi connectivity index (χ4v) is 2.51. The molecule has 0 spiro atoms. The van der Waals surface area contributed by atoms with E-state index < -0.39 is 0 Å². The number of thioether (sulfide) groups is 1. The monoisotopic (exact) mass is 247 g/mol. The van der Waals surface area contributed by atoms with Crippen LogP contribution >= 0.6 is 11.8 Å². The number of nitrogens with one attached hydrogen (secondary N) is 1. The van der Waals surface area contributed by atoms with Gasteiger partial charge >= 0.3 is 5.97 Å². The van der Waals surface area contributed by atoms with E-state index in [2.05, 4.69) is 19.2 Å². The first-order valence-corrected chi connectivity index (χ1v) is 7.25. The lowest BCUT2D eigenvalue weighted by atomic mass is 10.2. The minimum absolute atomic E-state index is 0.124. The van der Waals surface area contributed by atoms with Crippen molar-refractivity contribution < 1.29 is 9.53 Å². The van der Waals surface area contributed by atoms with Crippen LogP contribution in [0, 0.1) is 5.92 Å². The maximum absolute atomic E-state index is 11.6. The van der Waals surface area contributed by atoms with Crippen molar-refractivity contribution in [3.05, 3.63) is 0 Å². The summed E-state index contributed by atoms with van der Waals surface area (Å²) >= 11 is 1.82. The topological polar surface area (TPSA) is 38.3 Å². The maximum Gasteiger partial charge on any atom is 0.323 e. The molecule has 0 radical (unpaired) electrons. The third-order valence-electron chi connectivity index (χ3n) is 2.15. The van der Waals surface area contributed by atoms with Crippen molar-refractivity contribution in [2.75, 3.05) is 24.7 Å². The van der Waals surface area contributed by atoms with Crippen LogP contribution in [0.2, 0.25) is 0 Å². The molecule has 0 aliphatic heterocycles. The van der Waals surface area contributed by atoms with Gasteiger partial charge in [-0.15, -0.1) is 0 Å². The number of rotatable bonds is 9. The SMILES string of the molecule is CCNC(CSCCC(C)C)C(=O)OCC. The zero-order chi connectivity index (χ0) is 12.4. The normalized spacial score (nSPS) is 12.8. The van der Waals surface area contributed by atoms with Gasteiger partial charge in [-0.25, -0.2) is 0 Å². The first kappa shape index (κ1) is 15.8. The highest BCUT2D eigenvalue weighted by Crippen LogP contribution is 2.10. The number of carbonyl (C=O) groups excluding carboxylic acids is 1. The van der Waals surface area contributed by atoms with Gasteiger partial charge in [0, 0.05) is 5.75 Å². The summed E-state index contributed by atoms with van der Waals surface area (Å²) in [5, 5.41) is 3.16. The molecule has 0 aliphatic carbocycles. The second kappa shape index (κ2) is 9.97. The Labute approximate surface area is 104 Å². The van der Waals surface area contributed by atoms with E-state index in [1.807, 2.05) is 25.6 Å². The predicted octanol–water partition coefficient (Wildman–Crippen LogP) is 2.31. The number of carbonyl (C=O) groups is 1. The molecule has 0 rings (SSSR count). The summed E-state index contributed by atoms with van der Waals surface area (Å²) in [5.74, 6) is 2.52. The molecular weight excluding hydrogens is 222 g/mol. The van der Waals surface area contributed by atoms with Gasteiger partial charge in [-0.2, -0.15) is 11.8 Å². The van der Waals surface area contributed by atoms with Crippen LogP contribution in [-0.4, -0.2) is 36.7 Å². The lowest BCUT2D eigenvalue weighted by Crippen LogP contribution is -2.40. The first-order chi connectivity index (χ1) is 7.61. The quantitative estimate of drug-likeness (QED) is 0.501. The van der Waals surface area contributed by atoms with E-state index in [1.165, 1.54) is 6.42 Å². The summed E-state index contributed by atoms with van der Waals surface area (Å²) < 4.78 is 5.02. The molecule has 0 heterocycles. The lowest BCUT2D eigenvalue weighted by molar-refractivity contribution is -0.144. The Bertz CT molecular complexity index is 186. The molecule has 0 aromatic carbocycles. The molecule has 0 saturated heterocycles. The van der Waals surface area contributed by atoms with Gasteiger partial charge in [-0.1, -0.05) is 20.8 Å². The second-order valence-corrected chi connectivity index (χ2v) is 5.27. The molecule has 0 aromatic heterocycles. The van der Waals surface area contributed by atoms with Crippen molar-refractivity contribution in [3.8, 4) is 0 Å². The summed E-state index contributed by atoms with van der Waals surface area (Å²) in [6.07, 6.45) is 1.20. The molecule has 0 aliphatic rings. The van der Waals surface area contributed by atoms with Crippen LogP contribution < -0.4 is 5.32 Å². The van der Waals surface area contributed by atoms with E-state index in [9.17, 15) is 4.79 Å². The van der Waals surface area contributed by atoms with Gasteiger partial charge < -0.3 is 10.1 Å². The van der Waals surface area contributed by atoms with Crippen LogP contribution in [0.25, 0.3) is 0 Å².